The van der Waals surface area contributed by atoms with Crippen molar-refractivity contribution in [2.45, 2.75) is 52.1 Å². The Balaban J connectivity index is 1.60. The van der Waals surface area contributed by atoms with E-state index in [0.29, 0.717) is 19.0 Å². The van der Waals surface area contributed by atoms with Gasteiger partial charge in [0.05, 0.1) is 5.39 Å². The standard InChI is InChI=1S/C19H23N5O/c1-13-12-14(2)20-18-17(13)19(23-9-3-4-10-23)22-24(18)11-5-6-16(25)21-15-7-8-15/h3-4,9-10,12,15H,5-8,11H2,1-2H3,(H,21,25). The van der Waals surface area contributed by atoms with Crippen molar-refractivity contribution in [1.29, 1.82) is 0 Å². The quantitative estimate of drug-likeness (QED) is 0.752. The Labute approximate surface area is 146 Å². The maximum absolute atomic E-state index is 11.9. The van der Waals surface area contributed by atoms with Gasteiger partial charge in [-0.2, -0.15) is 5.10 Å². The average Bonchev–Trinajstić information content (AvgIpc) is 3.08. The lowest BCUT2D eigenvalue weighted by molar-refractivity contribution is -0.121. The minimum Gasteiger partial charge on any atom is -0.353 e. The molecule has 3 heterocycles. The van der Waals surface area contributed by atoms with Gasteiger partial charge in [0.2, 0.25) is 5.91 Å². The Morgan fingerprint density at radius 3 is 2.76 bits per heavy atom. The highest BCUT2D eigenvalue weighted by molar-refractivity contribution is 5.87. The number of carbonyl (C=O) groups excluding carboxylic acids is 1. The number of fused-ring (bicyclic) bond motifs is 1. The molecule has 0 atom stereocenters. The summed E-state index contributed by atoms with van der Waals surface area (Å²) >= 11 is 0. The summed E-state index contributed by atoms with van der Waals surface area (Å²) in [6, 6.07) is 6.49. The van der Waals surface area contributed by atoms with Crippen LogP contribution in [0.2, 0.25) is 0 Å². The molecule has 1 aliphatic carbocycles. The third-order valence-electron chi connectivity index (χ3n) is 4.57. The lowest BCUT2D eigenvalue weighted by Crippen LogP contribution is -2.25. The van der Waals surface area contributed by atoms with Gasteiger partial charge >= 0.3 is 0 Å². The molecule has 3 aromatic rings. The van der Waals surface area contributed by atoms with Crippen LogP contribution < -0.4 is 5.32 Å². The fourth-order valence-electron chi connectivity index (χ4n) is 3.22. The van der Waals surface area contributed by atoms with Gasteiger partial charge in [-0.25, -0.2) is 9.67 Å². The van der Waals surface area contributed by atoms with E-state index in [9.17, 15) is 4.79 Å². The first-order valence-electron chi connectivity index (χ1n) is 8.89. The van der Waals surface area contributed by atoms with Crippen molar-refractivity contribution in [3.8, 4) is 5.82 Å². The normalized spacial score (nSPS) is 14.2. The number of amides is 1. The molecular formula is C19H23N5O. The predicted molar refractivity (Wildman–Crippen MR) is 96.7 cm³/mol. The highest BCUT2D eigenvalue weighted by atomic mass is 16.1. The van der Waals surface area contributed by atoms with Crippen LogP contribution in [-0.2, 0) is 11.3 Å². The van der Waals surface area contributed by atoms with Gasteiger partial charge in [-0.1, -0.05) is 0 Å². The van der Waals surface area contributed by atoms with Crippen molar-refractivity contribution in [1.82, 2.24) is 24.6 Å². The van der Waals surface area contributed by atoms with Crippen LogP contribution in [0.4, 0.5) is 0 Å². The Hall–Kier alpha value is -2.63. The molecule has 130 valence electrons. The number of nitrogens with zero attached hydrogens (tertiary/aromatic N) is 4. The second-order valence-corrected chi connectivity index (χ2v) is 6.86. The zero-order valence-electron chi connectivity index (χ0n) is 14.7. The molecule has 0 aliphatic heterocycles. The monoisotopic (exact) mass is 337 g/mol. The van der Waals surface area contributed by atoms with Gasteiger partial charge in [0, 0.05) is 37.1 Å². The molecule has 0 spiro atoms. The maximum Gasteiger partial charge on any atom is 0.220 e. The average molecular weight is 337 g/mol. The fourth-order valence-corrected chi connectivity index (χ4v) is 3.22. The van der Waals surface area contributed by atoms with Gasteiger partial charge in [-0.15, -0.1) is 0 Å². The molecule has 0 unspecified atom stereocenters. The summed E-state index contributed by atoms with van der Waals surface area (Å²) in [5.41, 5.74) is 3.05. The molecular weight excluding hydrogens is 314 g/mol. The molecule has 1 N–H and O–H groups in total. The highest BCUT2D eigenvalue weighted by Crippen LogP contribution is 2.25. The van der Waals surface area contributed by atoms with Crippen LogP contribution in [0.3, 0.4) is 0 Å². The van der Waals surface area contributed by atoms with Crippen LogP contribution in [0.25, 0.3) is 16.9 Å². The van der Waals surface area contributed by atoms with Gasteiger partial charge < -0.3 is 9.88 Å². The summed E-state index contributed by atoms with van der Waals surface area (Å²) in [6.45, 7) is 4.78. The van der Waals surface area contributed by atoms with Crippen molar-refractivity contribution >= 4 is 16.9 Å². The number of nitrogens with one attached hydrogen (secondary N) is 1. The van der Waals surface area contributed by atoms with Crippen molar-refractivity contribution in [3.63, 3.8) is 0 Å². The van der Waals surface area contributed by atoms with Crippen LogP contribution >= 0.6 is 0 Å². The number of aryl methyl sites for hydroxylation is 3. The molecule has 0 bridgehead atoms. The molecule has 1 amide bonds. The first-order valence-corrected chi connectivity index (χ1v) is 8.89. The Bertz CT molecular complexity index is 906. The Morgan fingerprint density at radius 1 is 1.28 bits per heavy atom. The van der Waals surface area contributed by atoms with Gasteiger partial charge in [-0.05, 0) is 56.9 Å². The van der Waals surface area contributed by atoms with E-state index < -0.39 is 0 Å². The molecule has 0 radical (unpaired) electrons. The van der Waals surface area contributed by atoms with Gasteiger partial charge in [-0.3, -0.25) is 4.79 Å². The van der Waals surface area contributed by atoms with E-state index in [4.69, 9.17) is 10.1 Å². The van der Waals surface area contributed by atoms with Crippen molar-refractivity contribution in [2.24, 2.45) is 0 Å². The first kappa shape index (κ1) is 15.9. The number of hydrogen-bond donors (Lipinski definition) is 1. The van der Waals surface area contributed by atoms with Crippen LogP contribution in [-0.4, -0.2) is 31.3 Å². The Morgan fingerprint density at radius 2 is 2.04 bits per heavy atom. The predicted octanol–water partition coefficient (Wildman–Crippen LogP) is 2.90. The minimum atomic E-state index is 0.143. The van der Waals surface area contributed by atoms with E-state index in [-0.39, 0.29) is 5.91 Å². The number of aromatic nitrogens is 4. The van der Waals surface area contributed by atoms with Gasteiger partial charge in [0.1, 0.15) is 0 Å². The molecule has 3 aromatic heterocycles. The molecule has 0 aromatic carbocycles. The number of rotatable bonds is 6. The molecule has 0 saturated heterocycles. The fraction of sp³-hybridized carbons (Fsp3) is 0.421. The second kappa shape index (κ2) is 6.35. The zero-order valence-corrected chi connectivity index (χ0v) is 14.7. The molecule has 6 nitrogen and oxygen atoms in total. The SMILES string of the molecule is Cc1cc(C)c2c(-n3cccc3)nn(CCCC(=O)NC3CC3)c2n1. The summed E-state index contributed by atoms with van der Waals surface area (Å²) in [4.78, 5) is 16.6. The van der Waals surface area contributed by atoms with Crippen molar-refractivity contribution in [2.75, 3.05) is 0 Å². The van der Waals surface area contributed by atoms with Crippen LogP contribution in [0, 0.1) is 13.8 Å². The van der Waals surface area contributed by atoms with E-state index in [1.165, 1.54) is 5.56 Å². The van der Waals surface area contributed by atoms with E-state index in [0.717, 1.165) is 41.8 Å². The van der Waals surface area contributed by atoms with Crippen molar-refractivity contribution < 1.29 is 4.79 Å². The van der Waals surface area contributed by atoms with Crippen LogP contribution in [0.5, 0.6) is 0 Å². The van der Waals surface area contributed by atoms with Crippen molar-refractivity contribution in [3.05, 3.63) is 41.9 Å². The highest BCUT2D eigenvalue weighted by Gasteiger charge is 2.23. The lowest BCUT2D eigenvalue weighted by Gasteiger charge is -2.05. The summed E-state index contributed by atoms with van der Waals surface area (Å²) < 4.78 is 3.96. The summed E-state index contributed by atoms with van der Waals surface area (Å²) in [5.74, 6) is 1.04. The maximum atomic E-state index is 11.9. The first-order chi connectivity index (χ1) is 12.1. The second-order valence-electron chi connectivity index (χ2n) is 6.86. The zero-order chi connectivity index (χ0) is 17.4. The van der Waals surface area contributed by atoms with Crippen LogP contribution in [0.1, 0.15) is 36.9 Å². The molecule has 6 heteroatoms. The minimum absolute atomic E-state index is 0.143. The van der Waals surface area contributed by atoms with E-state index in [2.05, 4.69) is 18.3 Å². The summed E-state index contributed by atoms with van der Waals surface area (Å²) in [6.07, 6.45) is 7.52. The van der Waals surface area contributed by atoms with E-state index >= 15 is 0 Å². The smallest absolute Gasteiger partial charge is 0.220 e. The number of carbonyl (C=O) groups is 1. The third kappa shape index (κ3) is 3.29. The summed E-state index contributed by atoms with van der Waals surface area (Å²) in [5, 5.41) is 8.90. The topological polar surface area (TPSA) is 64.7 Å². The molecule has 1 fully saturated rings. The lowest BCUT2D eigenvalue weighted by atomic mass is 10.2. The third-order valence-corrected chi connectivity index (χ3v) is 4.57. The number of hydrogen-bond acceptors (Lipinski definition) is 3. The number of pyridine rings is 1. The van der Waals surface area contributed by atoms with Gasteiger partial charge in [0.25, 0.3) is 0 Å². The molecule has 25 heavy (non-hydrogen) atoms. The largest absolute Gasteiger partial charge is 0.353 e. The molecule has 1 aliphatic rings. The van der Waals surface area contributed by atoms with E-state index in [1.54, 1.807) is 0 Å². The molecule has 4 rings (SSSR count). The summed E-state index contributed by atoms with van der Waals surface area (Å²) in [7, 11) is 0. The van der Waals surface area contributed by atoms with Crippen LogP contribution in [0.15, 0.2) is 30.6 Å². The van der Waals surface area contributed by atoms with Gasteiger partial charge in [0.15, 0.2) is 11.5 Å². The molecule has 1 saturated carbocycles. The Kier molecular flexibility index (Phi) is 4.03. The van der Waals surface area contributed by atoms with E-state index in [1.807, 2.05) is 40.7 Å².